The molecule has 25 heavy (non-hydrogen) atoms. The van der Waals surface area contributed by atoms with E-state index in [0.29, 0.717) is 0 Å². The number of rotatable bonds is 7. The number of nitrogens with zero attached hydrogens (tertiary/aromatic N) is 1. The summed E-state index contributed by atoms with van der Waals surface area (Å²) in [5.74, 6) is 1.92. The van der Waals surface area contributed by atoms with Crippen LogP contribution in [0.15, 0.2) is 54.6 Å². The molecule has 1 saturated heterocycles. The van der Waals surface area contributed by atoms with E-state index in [1.807, 2.05) is 6.07 Å². The van der Waals surface area contributed by atoms with Gasteiger partial charge in [0.15, 0.2) is 0 Å². The molecule has 1 aliphatic rings. The average Bonchev–Trinajstić information content (AvgIpc) is 2.66. The second-order valence-electron chi connectivity index (χ2n) is 6.87. The Bertz CT molecular complexity index is 608. The maximum Gasteiger partial charge on any atom is 0.122 e. The fraction of sp³-hybridized carbons (Fsp3) is 0.455. The molecule has 0 atom stereocenters. The minimum atomic E-state index is 0. The SMILES string of the molecule is COc1ccccc1CCN1CCC(CCc2ccccc2)CC1.Cl. The molecule has 0 saturated carbocycles. The summed E-state index contributed by atoms with van der Waals surface area (Å²) < 4.78 is 5.46. The minimum Gasteiger partial charge on any atom is -0.496 e. The molecule has 2 aromatic carbocycles. The van der Waals surface area contributed by atoms with Crippen molar-refractivity contribution < 1.29 is 4.74 Å². The highest BCUT2D eigenvalue weighted by Crippen LogP contribution is 2.23. The number of ether oxygens (including phenoxy) is 1. The van der Waals surface area contributed by atoms with E-state index in [1.165, 1.54) is 49.9 Å². The average molecular weight is 360 g/mol. The van der Waals surface area contributed by atoms with Gasteiger partial charge in [-0.1, -0.05) is 48.5 Å². The number of aryl methyl sites for hydroxylation is 1. The molecular weight excluding hydrogens is 330 g/mol. The lowest BCUT2D eigenvalue weighted by molar-refractivity contribution is 0.180. The largest absolute Gasteiger partial charge is 0.496 e. The molecule has 136 valence electrons. The monoisotopic (exact) mass is 359 g/mol. The van der Waals surface area contributed by atoms with Crippen molar-refractivity contribution in [1.29, 1.82) is 0 Å². The second-order valence-corrected chi connectivity index (χ2v) is 6.87. The molecule has 0 aliphatic carbocycles. The Morgan fingerprint density at radius 2 is 1.60 bits per heavy atom. The number of para-hydroxylation sites is 1. The van der Waals surface area contributed by atoms with Crippen LogP contribution in [0.3, 0.4) is 0 Å². The summed E-state index contributed by atoms with van der Waals surface area (Å²) in [5.41, 5.74) is 2.81. The molecule has 0 bridgehead atoms. The van der Waals surface area contributed by atoms with E-state index in [9.17, 15) is 0 Å². The van der Waals surface area contributed by atoms with Crippen LogP contribution >= 0.6 is 12.4 Å². The Labute approximate surface area is 158 Å². The summed E-state index contributed by atoms with van der Waals surface area (Å²) in [7, 11) is 1.76. The normalized spacial score (nSPS) is 15.6. The Morgan fingerprint density at radius 1 is 0.920 bits per heavy atom. The summed E-state index contributed by atoms with van der Waals surface area (Å²) in [6, 6.07) is 19.3. The first kappa shape index (κ1) is 19.8. The third-order valence-corrected chi connectivity index (χ3v) is 5.28. The van der Waals surface area contributed by atoms with Gasteiger partial charge in [0.25, 0.3) is 0 Å². The van der Waals surface area contributed by atoms with Gasteiger partial charge in [0.2, 0.25) is 0 Å². The maximum atomic E-state index is 5.46. The third-order valence-electron chi connectivity index (χ3n) is 5.28. The highest BCUT2D eigenvalue weighted by molar-refractivity contribution is 5.85. The number of hydrogen-bond acceptors (Lipinski definition) is 2. The molecule has 0 spiro atoms. The molecule has 0 aromatic heterocycles. The van der Waals surface area contributed by atoms with Gasteiger partial charge in [-0.3, -0.25) is 0 Å². The molecule has 3 heteroatoms. The fourth-order valence-electron chi connectivity index (χ4n) is 3.70. The van der Waals surface area contributed by atoms with Crippen molar-refractivity contribution in [2.75, 3.05) is 26.7 Å². The van der Waals surface area contributed by atoms with Crippen LogP contribution in [0.5, 0.6) is 5.75 Å². The van der Waals surface area contributed by atoms with Gasteiger partial charge in [-0.05, 0) is 68.3 Å². The van der Waals surface area contributed by atoms with Gasteiger partial charge < -0.3 is 9.64 Å². The Hall–Kier alpha value is -1.51. The van der Waals surface area contributed by atoms with Gasteiger partial charge in [-0.2, -0.15) is 0 Å². The Kier molecular flexibility index (Phi) is 8.30. The number of piperidine rings is 1. The van der Waals surface area contributed by atoms with Gasteiger partial charge in [0.05, 0.1) is 7.11 Å². The van der Waals surface area contributed by atoms with Crippen LogP contribution in [0.4, 0.5) is 0 Å². The van der Waals surface area contributed by atoms with Crippen molar-refractivity contribution in [2.45, 2.75) is 32.1 Å². The molecular formula is C22H30ClNO. The van der Waals surface area contributed by atoms with Gasteiger partial charge in [0.1, 0.15) is 5.75 Å². The molecule has 1 heterocycles. The maximum absolute atomic E-state index is 5.46. The van der Waals surface area contributed by atoms with Crippen molar-refractivity contribution in [1.82, 2.24) is 4.90 Å². The molecule has 0 amide bonds. The number of hydrogen-bond donors (Lipinski definition) is 0. The summed E-state index contributed by atoms with van der Waals surface area (Å²) in [4.78, 5) is 2.62. The van der Waals surface area contributed by atoms with Crippen LogP contribution in [-0.2, 0) is 12.8 Å². The smallest absolute Gasteiger partial charge is 0.122 e. The highest BCUT2D eigenvalue weighted by Gasteiger charge is 2.19. The zero-order valence-corrected chi connectivity index (χ0v) is 16.0. The van der Waals surface area contributed by atoms with Gasteiger partial charge in [-0.15, -0.1) is 12.4 Å². The van der Waals surface area contributed by atoms with Crippen molar-refractivity contribution in [3.63, 3.8) is 0 Å². The van der Waals surface area contributed by atoms with Crippen LogP contribution in [0.2, 0.25) is 0 Å². The van der Waals surface area contributed by atoms with E-state index in [1.54, 1.807) is 7.11 Å². The van der Waals surface area contributed by atoms with Gasteiger partial charge in [-0.25, -0.2) is 0 Å². The molecule has 2 aromatic rings. The zero-order chi connectivity index (χ0) is 16.6. The predicted octanol–water partition coefficient (Wildman–Crippen LogP) is 5.00. The molecule has 1 aliphatic heterocycles. The molecule has 3 rings (SSSR count). The van der Waals surface area contributed by atoms with Crippen LogP contribution in [0.1, 0.15) is 30.4 Å². The topological polar surface area (TPSA) is 12.5 Å². The van der Waals surface area contributed by atoms with Crippen molar-refractivity contribution in [3.05, 3.63) is 65.7 Å². The number of methoxy groups -OCH3 is 1. The number of benzene rings is 2. The standard InChI is InChI=1S/C22H29NO.ClH/c1-24-22-10-6-5-9-21(22)15-18-23-16-13-20(14-17-23)12-11-19-7-3-2-4-8-19;/h2-10,20H,11-18H2,1H3;1H. The third kappa shape index (κ3) is 6.05. The first-order chi connectivity index (χ1) is 11.8. The summed E-state index contributed by atoms with van der Waals surface area (Å²) in [6.45, 7) is 3.63. The predicted molar refractivity (Wildman–Crippen MR) is 108 cm³/mol. The van der Waals surface area contributed by atoms with E-state index in [4.69, 9.17) is 4.74 Å². The summed E-state index contributed by atoms with van der Waals surface area (Å²) in [6.07, 6.45) is 6.34. The Morgan fingerprint density at radius 3 is 2.32 bits per heavy atom. The first-order valence-electron chi connectivity index (χ1n) is 9.23. The fourth-order valence-corrected chi connectivity index (χ4v) is 3.70. The molecule has 0 radical (unpaired) electrons. The van der Waals surface area contributed by atoms with Crippen LogP contribution in [-0.4, -0.2) is 31.6 Å². The van der Waals surface area contributed by atoms with E-state index in [2.05, 4.69) is 53.4 Å². The summed E-state index contributed by atoms with van der Waals surface area (Å²) in [5, 5.41) is 0. The number of likely N-dealkylation sites (tertiary alicyclic amines) is 1. The van der Waals surface area contributed by atoms with E-state index < -0.39 is 0 Å². The van der Waals surface area contributed by atoms with Crippen molar-refractivity contribution >= 4 is 12.4 Å². The zero-order valence-electron chi connectivity index (χ0n) is 15.2. The molecule has 0 unspecified atom stereocenters. The minimum absolute atomic E-state index is 0. The van der Waals surface area contributed by atoms with Gasteiger partial charge >= 0.3 is 0 Å². The van der Waals surface area contributed by atoms with E-state index in [0.717, 1.165) is 24.6 Å². The van der Waals surface area contributed by atoms with Crippen molar-refractivity contribution in [2.24, 2.45) is 5.92 Å². The Balaban J connectivity index is 0.00000225. The van der Waals surface area contributed by atoms with E-state index in [-0.39, 0.29) is 12.4 Å². The van der Waals surface area contributed by atoms with E-state index >= 15 is 0 Å². The van der Waals surface area contributed by atoms with Crippen LogP contribution < -0.4 is 4.74 Å². The van der Waals surface area contributed by atoms with Crippen molar-refractivity contribution in [3.8, 4) is 5.75 Å². The summed E-state index contributed by atoms with van der Waals surface area (Å²) >= 11 is 0. The quantitative estimate of drug-likeness (QED) is 0.689. The molecule has 0 N–H and O–H groups in total. The lowest BCUT2D eigenvalue weighted by Gasteiger charge is -2.32. The molecule has 2 nitrogen and oxygen atoms in total. The van der Waals surface area contributed by atoms with Crippen LogP contribution in [0.25, 0.3) is 0 Å². The van der Waals surface area contributed by atoms with Gasteiger partial charge in [0, 0.05) is 6.54 Å². The lowest BCUT2D eigenvalue weighted by Crippen LogP contribution is -2.35. The molecule has 1 fully saturated rings. The lowest BCUT2D eigenvalue weighted by atomic mass is 9.90. The number of halogens is 1. The first-order valence-corrected chi connectivity index (χ1v) is 9.23. The van der Waals surface area contributed by atoms with Crippen LogP contribution in [0, 0.1) is 5.92 Å². The highest BCUT2D eigenvalue weighted by atomic mass is 35.5. The second kappa shape index (κ2) is 10.5.